The fourth-order valence-electron chi connectivity index (χ4n) is 6.62. The zero-order valence-electron chi connectivity index (χ0n) is 33.7. The molecule has 0 aliphatic carbocycles. The van der Waals surface area contributed by atoms with Gasteiger partial charge < -0.3 is 14.9 Å². The Labute approximate surface area is 329 Å². The molecule has 0 fully saturated rings. The number of fused-ring (bicyclic) bond motifs is 2. The van der Waals surface area contributed by atoms with Crippen LogP contribution in [-0.2, 0) is 40.6 Å². The number of unbranched alkanes of at least 4 members (excludes halogenated alkanes) is 2. The summed E-state index contributed by atoms with van der Waals surface area (Å²) in [4.78, 5) is 0. The molecule has 0 aromatic heterocycles. The standard InChI is InChI=1S/C25H31.C22H25.2CH3.Si.Zr/c1-6-7-8-9-19-16-23-18(2)10-15-22(24(23)17-19)20-11-13-21(14-12-20)25(3,4)5;1-15(2)18-13-17-7-6-8-20(21(17)14-18)16-9-11-19(12-10-16)22(3,4)5;;;;/h10-17H,6-9H2,1-5H3;6-15H,1-5H3;2*1H3;;/q4*-1;;. The molecule has 2 heteroatoms. The molecule has 0 amide bonds. The van der Waals surface area contributed by atoms with Gasteiger partial charge in [0.25, 0.3) is 0 Å². The first-order valence-corrected chi connectivity index (χ1v) is 22.3. The van der Waals surface area contributed by atoms with Gasteiger partial charge in [-0.25, -0.2) is 0 Å². The molecule has 0 spiro atoms. The monoisotopic (exact) mass is 768 g/mol. The Bertz CT molecular complexity index is 1930. The van der Waals surface area contributed by atoms with Gasteiger partial charge in [-0.3, -0.25) is 0 Å². The first kappa shape index (κ1) is 44.4. The Hall–Kier alpha value is -2.80. The second-order valence-electron chi connectivity index (χ2n) is 16.0. The Kier molecular flexibility index (Phi) is 16.8. The molecule has 2 radical (unpaired) electrons. The van der Waals surface area contributed by atoms with E-state index in [4.69, 9.17) is 0 Å². The summed E-state index contributed by atoms with van der Waals surface area (Å²) >= 11 is 1.36. The maximum absolute atomic E-state index is 3.06. The van der Waals surface area contributed by atoms with Crippen LogP contribution in [0.2, 0.25) is 0 Å². The molecular formula is C49H62SiZr-4. The maximum atomic E-state index is 3.06. The third-order valence-corrected chi connectivity index (χ3v) is 9.80. The number of aryl methyl sites for hydroxylation is 2. The van der Waals surface area contributed by atoms with Crippen molar-refractivity contribution in [3.05, 3.63) is 146 Å². The van der Waals surface area contributed by atoms with E-state index in [1.807, 2.05) is 0 Å². The molecule has 0 aliphatic rings. The normalized spacial score (nSPS) is 11.3. The quantitative estimate of drug-likeness (QED) is 0.0862. The van der Waals surface area contributed by atoms with E-state index in [0.717, 1.165) is 0 Å². The van der Waals surface area contributed by atoms with E-state index in [1.165, 1.54) is 121 Å². The van der Waals surface area contributed by atoms with Gasteiger partial charge in [0.2, 0.25) is 0 Å². The number of hydrogen-bond acceptors (Lipinski definition) is 0. The minimum absolute atomic E-state index is 0. The van der Waals surface area contributed by atoms with Crippen molar-refractivity contribution in [2.45, 2.75) is 112 Å². The second-order valence-corrected chi connectivity index (χ2v) is 16.0. The molecule has 6 rings (SSSR count). The molecule has 270 valence electrons. The first-order chi connectivity index (χ1) is 23.3. The SMILES string of the molecule is CC(C)c1cc2c(-c3ccc(C(C)(C)C)cc3)cccc2[cH-]1.CCCCCc1cc2c(-c3ccc(C(C)(C)C)cc3)ccc(C)c2[cH-]1.[CH3-].[CH3-].[Si]=[Zr]. The van der Waals surface area contributed by atoms with Crippen molar-refractivity contribution in [1.82, 2.24) is 0 Å². The Morgan fingerprint density at radius 1 is 0.647 bits per heavy atom. The molecule has 0 saturated heterocycles. The summed E-state index contributed by atoms with van der Waals surface area (Å²) in [6.07, 6.45) is 5.10. The second kappa shape index (κ2) is 19.3. The fraction of sp³-hybridized carbons (Fsp3) is 0.347. The zero-order valence-corrected chi connectivity index (χ0v) is 37.2. The number of hydrogen-bond donors (Lipinski definition) is 0. The van der Waals surface area contributed by atoms with Gasteiger partial charge in [0.1, 0.15) is 0 Å². The van der Waals surface area contributed by atoms with Gasteiger partial charge in [0.05, 0.1) is 0 Å². The minimum atomic E-state index is 0. The zero-order chi connectivity index (χ0) is 35.9. The van der Waals surface area contributed by atoms with E-state index >= 15 is 0 Å². The molecule has 0 N–H and O–H groups in total. The van der Waals surface area contributed by atoms with Crippen LogP contribution in [0.3, 0.4) is 0 Å². The van der Waals surface area contributed by atoms with E-state index in [1.54, 1.807) is 0 Å². The van der Waals surface area contributed by atoms with Crippen LogP contribution >= 0.6 is 0 Å². The third-order valence-electron chi connectivity index (χ3n) is 9.80. The van der Waals surface area contributed by atoms with Crippen molar-refractivity contribution in [2.75, 3.05) is 0 Å². The molecule has 6 aromatic rings. The summed E-state index contributed by atoms with van der Waals surface area (Å²) in [5.74, 6) is 0.573. The average Bonchev–Trinajstić information content (AvgIpc) is 3.72. The van der Waals surface area contributed by atoms with E-state index in [9.17, 15) is 0 Å². The fourth-order valence-corrected chi connectivity index (χ4v) is 6.62. The van der Waals surface area contributed by atoms with Crippen LogP contribution in [0.25, 0.3) is 43.8 Å². The van der Waals surface area contributed by atoms with E-state index in [0.29, 0.717) is 5.92 Å². The van der Waals surface area contributed by atoms with Crippen LogP contribution in [0.15, 0.2) is 103 Å². The van der Waals surface area contributed by atoms with E-state index in [2.05, 4.69) is 179 Å². The van der Waals surface area contributed by atoms with Crippen molar-refractivity contribution >= 4 is 28.4 Å². The van der Waals surface area contributed by atoms with Crippen molar-refractivity contribution in [1.29, 1.82) is 0 Å². The molecular weight excluding hydrogens is 708 g/mol. The van der Waals surface area contributed by atoms with Gasteiger partial charge in [0.15, 0.2) is 0 Å². The molecule has 51 heavy (non-hydrogen) atoms. The van der Waals surface area contributed by atoms with Gasteiger partial charge >= 0.3 is 30.2 Å². The molecule has 0 bridgehead atoms. The van der Waals surface area contributed by atoms with E-state index < -0.39 is 0 Å². The summed E-state index contributed by atoms with van der Waals surface area (Å²) in [5, 5.41) is 5.55. The molecule has 0 nitrogen and oxygen atoms in total. The topological polar surface area (TPSA) is 0 Å². The molecule has 6 aromatic carbocycles. The van der Waals surface area contributed by atoms with E-state index in [-0.39, 0.29) is 25.7 Å². The molecule has 0 atom stereocenters. The summed E-state index contributed by atoms with van der Waals surface area (Å²) in [6.45, 7) is 25.7. The number of benzene rings is 4. The molecule has 0 heterocycles. The van der Waals surface area contributed by atoms with Gasteiger partial charge in [-0.05, 0) is 45.4 Å². The van der Waals surface area contributed by atoms with Gasteiger partial charge in [0, 0.05) is 0 Å². The van der Waals surface area contributed by atoms with Crippen LogP contribution in [0.5, 0.6) is 0 Å². The molecule has 0 saturated carbocycles. The summed E-state index contributed by atoms with van der Waals surface area (Å²) in [7, 11) is 0. The van der Waals surface area contributed by atoms with Crippen LogP contribution in [-0.4, -0.2) is 6.88 Å². The Morgan fingerprint density at radius 3 is 1.67 bits per heavy atom. The average molecular weight is 770 g/mol. The summed E-state index contributed by atoms with van der Waals surface area (Å²) < 4.78 is 0. The van der Waals surface area contributed by atoms with Gasteiger partial charge in [-0.15, -0.1) is 68.6 Å². The van der Waals surface area contributed by atoms with Crippen LogP contribution in [0.1, 0.15) is 115 Å². The first-order valence-electron chi connectivity index (χ1n) is 18.1. The number of rotatable bonds is 7. The van der Waals surface area contributed by atoms with Crippen LogP contribution in [0.4, 0.5) is 0 Å². The Morgan fingerprint density at radius 2 is 1.18 bits per heavy atom. The summed E-state index contributed by atoms with van der Waals surface area (Å²) in [5.41, 5.74) is 12.8. The van der Waals surface area contributed by atoms with Gasteiger partial charge in [-0.1, -0.05) is 160 Å². The molecule has 0 unspecified atom stereocenters. The van der Waals surface area contributed by atoms with Gasteiger partial charge in [-0.2, -0.15) is 12.1 Å². The summed E-state index contributed by atoms with van der Waals surface area (Å²) in [6, 6.07) is 38.9. The van der Waals surface area contributed by atoms with Crippen molar-refractivity contribution < 1.29 is 23.3 Å². The predicted octanol–water partition coefficient (Wildman–Crippen LogP) is 14.7. The molecule has 0 aliphatic heterocycles. The predicted molar refractivity (Wildman–Crippen MR) is 228 cm³/mol. The van der Waals surface area contributed by atoms with Crippen molar-refractivity contribution in [2.24, 2.45) is 0 Å². The van der Waals surface area contributed by atoms with Crippen molar-refractivity contribution in [3.63, 3.8) is 0 Å². The van der Waals surface area contributed by atoms with Crippen LogP contribution in [0, 0.1) is 21.8 Å². The Balaban J connectivity index is 0.000000327. The third kappa shape index (κ3) is 11.1. The van der Waals surface area contributed by atoms with Crippen LogP contribution < -0.4 is 0 Å². The van der Waals surface area contributed by atoms with Crippen molar-refractivity contribution in [3.8, 4) is 22.3 Å².